The van der Waals surface area contributed by atoms with E-state index in [-0.39, 0.29) is 10.9 Å². The fraction of sp³-hybridized carbons (Fsp3) is 0.267. The standard InChI is InChI=1S/C15H18N4OS/c1-4-19-12(8-10(3)18-19)15(20)17-11-7-5-6-9(2)13(11)14(16)21/h5-8H,4H2,1-3H3,(H2,16,21)(H,17,20). The van der Waals surface area contributed by atoms with Gasteiger partial charge in [0.25, 0.3) is 5.91 Å². The molecule has 0 radical (unpaired) electrons. The van der Waals surface area contributed by atoms with Gasteiger partial charge in [0.05, 0.1) is 11.4 Å². The van der Waals surface area contributed by atoms with Crippen molar-refractivity contribution in [3.05, 3.63) is 46.8 Å². The number of aromatic nitrogens is 2. The Morgan fingerprint density at radius 2 is 2.14 bits per heavy atom. The van der Waals surface area contributed by atoms with Gasteiger partial charge in [-0.05, 0) is 38.5 Å². The number of thiocarbonyl (C=S) groups is 1. The molecule has 0 unspecified atom stereocenters. The molecule has 0 aliphatic heterocycles. The number of hydrogen-bond donors (Lipinski definition) is 2. The largest absolute Gasteiger partial charge is 0.389 e. The predicted octanol–water partition coefficient (Wildman–Crippen LogP) is 2.41. The Morgan fingerprint density at radius 1 is 1.43 bits per heavy atom. The minimum absolute atomic E-state index is 0.222. The number of anilines is 1. The lowest BCUT2D eigenvalue weighted by Gasteiger charge is -2.13. The molecule has 5 nitrogen and oxygen atoms in total. The third kappa shape index (κ3) is 3.11. The molecule has 0 saturated carbocycles. The van der Waals surface area contributed by atoms with Crippen molar-refractivity contribution in [2.75, 3.05) is 5.32 Å². The summed E-state index contributed by atoms with van der Waals surface area (Å²) in [5.74, 6) is -0.222. The van der Waals surface area contributed by atoms with Crippen molar-refractivity contribution in [3.63, 3.8) is 0 Å². The quantitative estimate of drug-likeness (QED) is 0.851. The van der Waals surface area contributed by atoms with Gasteiger partial charge in [0.2, 0.25) is 0 Å². The molecule has 2 aromatic rings. The lowest BCUT2D eigenvalue weighted by Crippen LogP contribution is -2.21. The van der Waals surface area contributed by atoms with E-state index in [9.17, 15) is 4.79 Å². The average molecular weight is 302 g/mol. The lowest BCUT2D eigenvalue weighted by molar-refractivity contribution is 0.101. The molecule has 2 rings (SSSR count). The molecule has 3 N–H and O–H groups in total. The maximum atomic E-state index is 12.4. The number of nitrogens with two attached hydrogens (primary N) is 1. The van der Waals surface area contributed by atoms with Gasteiger partial charge in [-0.15, -0.1) is 0 Å². The molecule has 21 heavy (non-hydrogen) atoms. The van der Waals surface area contributed by atoms with Crippen LogP contribution in [0.3, 0.4) is 0 Å². The molecule has 1 aromatic heterocycles. The average Bonchev–Trinajstić information content (AvgIpc) is 2.79. The van der Waals surface area contributed by atoms with E-state index in [0.29, 0.717) is 23.5 Å². The number of carbonyl (C=O) groups excluding carboxylic acids is 1. The number of amides is 1. The molecule has 0 aliphatic carbocycles. The summed E-state index contributed by atoms with van der Waals surface area (Å²) in [4.78, 5) is 12.7. The number of rotatable bonds is 4. The first-order valence-electron chi connectivity index (χ1n) is 6.69. The predicted molar refractivity (Wildman–Crippen MR) is 87.7 cm³/mol. The van der Waals surface area contributed by atoms with Gasteiger partial charge in [0, 0.05) is 12.1 Å². The van der Waals surface area contributed by atoms with Gasteiger partial charge in [-0.25, -0.2) is 0 Å². The Balaban J connectivity index is 2.36. The van der Waals surface area contributed by atoms with Crippen molar-refractivity contribution in [2.24, 2.45) is 5.73 Å². The van der Waals surface area contributed by atoms with Crippen LogP contribution in [0.2, 0.25) is 0 Å². The Kier molecular flexibility index (Phi) is 4.37. The smallest absolute Gasteiger partial charge is 0.273 e. The number of hydrogen-bond acceptors (Lipinski definition) is 3. The number of benzene rings is 1. The molecule has 1 heterocycles. The SMILES string of the molecule is CCn1nc(C)cc1C(=O)Nc1cccc(C)c1C(N)=S. The first-order valence-corrected chi connectivity index (χ1v) is 7.10. The molecule has 1 amide bonds. The van der Waals surface area contributed by atoms with Crippen LogP contribution < -0.4 is 11.1 Å². The van der Waals surface area contributed by atoms with Crippen LogP contribution in [0.4, 0.5) is 5.69 Å². The van der Waals surface area contributed by atoms with Gasteiger partial charge in [-0.1, -0.05) is 24.4 Å². The van der Waals surface area contributed by atoms with E-state index in [1.807, 2.05) is 32.9 Å². The van der Waals surface area contributed by atoms with Crippen LogP contribution in [0.15, 0.2) is 24.3 Å². The number of carbonyl (C=O) groups is 1. The molecule has 0 saturated heterocycles. The van der Waals surface area contributed by atoms with E-state index in [0.717, 1.165) is 11.3 Å². The molecule has 0 atom stereocenters. The Bertz CT molecular complexity index is 706. The van der Waals surface area contributed by atoms with Gasteiger partial charge < -0.3 is 11.1 Å². The Hall–Kier alpha value is -2.21. The van der Waals surface area contributed by atoms with E-state index in [1.165, 1.54) is 0 Å². The molecule has 0 fully saturated rings. The van der Waals surface area contributed by atoms with Gasteiger partial charge in [0.1, 0.15) is 10.7 Å². The Labute approximate surface area is 129 Å². The molecular formula is C15H18N4OS. The molecule has 0 bridgehead atoms. The van der Waals surface area contributed by atoms with Crippen LogP contribution in [0.1, 0.15) is 34.2 Å². The topological polar surface area (TPSA) is 72.9 Å². The van der Waals surface area contributed by atoms with Gasteiger partial charge in [0.15, 0.2) is 0 Å². The summed E-state index contributed by atoms with van der Waals surface area (Å²) in [6.07, 6.45) is 0. The van der Waals surface area contributed by atoms with Crippen LogP contribution in [0, 0.1) is 13.8 Å². The van der Waals surface area contributed by atoms with Gasteiger partial charge in [-0.3, -0.25) is 9.48 Å². The zero-order valence-corrected chi connectivity index (χ0v) is 13.1. The highest BCUT2D eigenvalue weighted by atomic mass is 32.1. The minimum Gasteiger partial charge on any atom is -0.389 e. The molecule has 6 heteroatoms. The minimum atomic E-state index is -0.222. The summed E-state index contributed by atoms with van der Waals surface area (Å²) in [5, 5.41) is 7.14. The molecular weight excluding hydrogens is 284 g/mol. The van der Waals surface area contributed by atoms with Crippen molar-refractivity contribution in [1.29, 1.82) is 0 Å². The second-order valence-corrected chi connectivity index (χ2v) is 5.24. The van der Waals surface area contributed by atoms with Gasteiger partial charge >= 0.3 is 0 Å². The highest BCUT2D eigenvalue weighted by Crippen LogP contribution is 2.20. The monoisotopic (exact) mass is 302 g/mol. The zero-order chi connectivity index (χ0) is 15.6. The van der Waals surface area contributed by atoms with Crippen molar-refractivity contribution >= 4 is 28.8 Å². The summed E-state index contributed by atoms with van der Waals surface area (Å²) in [5.41, 5.74) is 9.32. The second-order valence-electron chi connectivity index (χ2n) is 4.80. The van der Waals surface area contributed by atoms with Crippen molar-refractivity contribution in [2.45, 2.75) is 27.3 Å². The zero-order valence-electron chi connectivity index (χ0n) is 12.3. The van der Waals surface area contributed by atoms with Crippen LogP contribution in [-0.2, 0) is 6.54 Å². The van der Waals surface area contributed by atoms with E-state index >= 15 is 0 Å². The van der Waals surface area contributed by atoms with Crippen LogP contribution >= 0.6 is 12.2 Å². The fourth-order valence-corrected chi connectivity index (χ4v) is 2.53. The molecule has 0 aliphatic rings. The van der Waals surface area contributed by atoms with Crippen LogP contribution in [-0.4, -0.2) is 20.7 Å². The van der Waals surface area contributed by atoms with Crippen molar-refractivity contribution < 1.29 is 4.79 Å². The van der Waals surface area contributed by atoms with E-state index in [1.54, 1.807) is 16.8 Å². The van der Waals surface area contributed by atoms with E-state index in [4.69, 9.17) is 18.0 Å². The summed E-state index contributed by atoms with van der Waals surface area (Å²) >= 11 is 5.07. The van der Waals surface area contributed by atoms with E-state index < -0.39 is 0 Å². The maximum absolute atomic E-state index is 12.4. The third-order valence-corrected chi connectivity index (χ3v) is 3.41. The lowest BCUT2D eigenvalue weighted by atomic mass is 10.1. The van der Waals surface area contributed by atoms with E-state index in [2.05, 4.69) is 10.4 Å². The van der Waals surface area contributed by atoms with Crippen LogP contribution in [0.25, 0.3) is 0 Å². The number of nitrogens with zero attached hydrogens (tertiary/aromatic N) is 2. The molecule has 1 aromatic carbocycles. The highest BCUT2D eigenvalue weighted by Gasteiger charge is 2.16. The van der Waals surface area contributed by atoms with Crippen LogP contribution in [0.5, 0.6) is 0 Å². The molecule has 0 spiro atoms. The fourth-order valence-electron chi connectivity index (χ4n) is 2.25. The van der Waals surface area contributed by atoms with Crippen molar-refractivity contribution in [3.8, 4) is 0 Å². The second kappa shape index (κ2) is 6.05. The maximum Gasteiger partial charge on any atom is 0.273 e. The summed E-state index contributed by atoms with van der Waals surface area (Å²) in [6, 6.07) is 7.31. The van der Waals surface area contributed by atoms with Crippen molar-refractivity contribution in [1.82, 2.24) is 9.78 Å². The number of nitrogens with one attached hydrogen (secondary N) is 1. The Morgan fingerprint density at radius 3 is 2.76 bits per heavy atom. The number of aryl methyl sites for hydroxylation is 3. The first-order chi connectivity index (χ1) is 9.93. The normalized spacial score (nSPS) is 10.4. The summed E-state index contributed by atoms with van der Waals surface area (Å²) in [7, 11) is 0. The summed E-state index contributed by atoms with van der Waals surface area (Å²) in [6.45, 7) is 6.34. The third-order valence-electron chi connectivity index (χ3n) is 3.20. The summed E-state index contributed by atoms with van der Waals surface area (Å²) < 4.78 is 1.67. The first kappa shape index (κ1) is 15.2. The molecule has 110 valence electrons. The van der Waals surface area contributed by atoms with Gasteiger partial charge in [-0.2, -0.15) is 5.10 Å². The highest BCUT2D eigenvalue weighted by molar-refractivity contribution is 7.80.